The second-order valence-electron chi connectivity index (χ2n) is 7.15. The normalized spacial score (nSPS) is 11.0. The van der Waals surface area contributed by atoms with Crippen molar-refractivity contribution in [2.75, 3.05) is 6.61 Å². The molecule has 6 nitrogen and oxygen atoms in total. The molecule has 146 valence electrons. The van der Waals surface area contributed by atoms with Crippen LogP contribution < -0.4 is 10.3 Å². The van der Waals surface area contributed by atoms with Gasteiger partial charge in [-0.1, -0.05) is 30.3 Å². The molecule has 6 heteroatoms. The van der Waals surface area contributed by atoms with Crippen molar-refractivity contribution in [3.63, 3.8) is 0 Å². The van der Waals surface area contributed by atoms with Crippen molar-refractivity contribution in [1.29, 1.82) is 0 Å². The lowest BCUT2D eigenvalue weighted by Crippen LogP contribution is -2.40. The van der Waals surface area contributed by atoms with Crippen LogP contribution in [0.4, 0.5) is 0 Å². The first kappa shape index (κ1) is 19.6. The van der Waals surface area contributed by atoms with Crippen molar-refractivity contribution in [2.24, 2.45) is 0 Å². The quantitative estimate of drug-likeness (QED) is 0.713. The fraction of sp³-hybridized carbons (Fsp3) is 0.318. The van der Waals surface area contributed by atoms with Crippen LogP contribution in [0.2, 0.25) is 0 Å². The van der Waals surface area contributed by atoms with Crippen LogP contribution in [0.1, 0.15) is 30.8 Å². The third-order valence-electron chi connectivity index (χ3n) is 4.67. The van der Waals surface area contributed by atoms with E-state index in [4.69, 9.17) is 4.74 Å². The van der Waals surface area contributed by atoms with Crippen LogP contribution in [0.3, 0.4) is 0 Å². The number of fused-ring (bicyclic) bond motifs is 1. The summed E-state index contributed by atoms with van der Waals surface area (Å²) in [5, 5.41) is 0.534. The molecule has 0 unspecified atom stereocenters. The van der Waals surface area contributed by atoms with E-state index in [0.717, 1.165) is 16.9 Å². The van der Waals surface area contributed by atoms with E-state index < -0.39 is 0 Å². The molecule has 0 aliphatic heterocycles. The minimum Gasteiger partial charge on any atom is -0.483 e. The van der Waals surface area contributed by atoms with Crippen molar-refractivity contribution in [1.82, 2.24) is 14.9 Å². The highest BCUT2D eigenvalue weighted by Crippen LogP contribution is 2.22. The van der Waals surface area contributed by atoms with Crippen molar-refractivity contribution in [2.45, 2.75) is 40.3 Å². The maximum absolute atomic E-state index is 12.8. The van der Waals surface area contributed by atoms with E-state index in [1.54, 1.807) is 23.1 Å². The lowest BCUT2D eigenvalue weighted by Gasteiger charge is -2.26. The Balaban J connectivity index is 1.78. The Bertz CT molecular complexity index is 1040. The molecule has 2 aromatic carbocycles. The molecule has 1 N–H and O–H groups in total. The van der Waals surface area contributed by atoms with Crippen molar-refractivity contribution >= 4 is 16.8 Å². The predicted molar refractivity (Wildman–Crippen MR) is 109 cm³/mol. The first-order valence-electron chi connectivity index (χ1n) is 9.33. The minimum absolute atomic E-state index is 0.0640. The van der Waals surface area contributed by atoms with Gasteiger partial charge in [0, 0.05) is 6.04 Å². The molecule has 3 rings (SSSR count). The standard InChI is InChI=1S/C22H25N3O3/c1-14(2)25(20(26)13-28-21-15(3)8-7-9-16(21)4)12-19-23-18-11-6-5-10-17(18)22(27)24-19/h5-11,14H,12-13H2,1-4H3,(H,23,24,27). The molecule has 0 saturated carbocycles. The zero-order valence-electron chi connectivity index (χ0n) is 16.7. The van der Waals surface area contributed by atoms with Crippen LogP contribution >= 0.6 is 0 Å². The summed E-state index contributed by atoms with van der Waals surface area (Å²) in [5.74, 6) is 1.03. The summed E-state index contributed by atoms with van der Waals surface area (Å²) >= 11 is 0. The van der Waals surface area contributed by atoms with Crippen LogP contribution in [0.25, 0.3) is 10.9 Å². The van der Waals surface area contributed by atoms with Gasteiger partial charge in [0.25, 0.3) is 11.5 Å². The van der Waals surface area contributed by atoms with Crippen molar-refractivity contribution in [3.8, 4) is 5.75 Å². The van der Waals surface area contributed by atoms with Gasteiger partial charge in [-0.2, -0.15) is 0 Å². The van der Waals surface area contributed by atoms with E-state index >= 15 is 0 Å². The van der Waals surface area contributed by atoms with Gasteiger partial charge in [0.2, 0.25) is 0 Å². The molecule has 3 aromatic rings. The average molecular weight is 379 g/mol. The Labute approximate surface area is 164 Å². The number of carbonyl (C=O) groups is 1. The van der Waals surface area contributed by atoms with Crippen LogP contribution in [-0.2, 0) is 11.3 Å². The first-order chi connectivity index (χ1) is 13.4. The highest BCUT2D eigenvalue weighted by Gasteiger charge is 2.20. The van der Waals surface area contributed by atoms with Gasteiger partial charge in [-0.15, -0.1) is 0 Å². The van der Waals surface area contributed by atoms with Crippen LogP contribution in [0.5, 0.6) is 5.75 Å². The Morgan fingerprint density at radius 1 is 1.11 bits per heavy atom. The zero-order chi connectivity index (χ0) is 20.3. The summed E-state index contributed by atoms with van der Waals surface area (Å²) in [6.07, 6.45) is 0. The molecule has 0 spiro atoms. The second-order valence-corrected chi connectivity index (χ2v) is 7.15. The number of hydrogen-bond donors (Lipinski definition) is 1. The number of nitrogens with one attached hydrogen (secondary N) is 1. The van der Waals surface area contributed by atoms with Gasteiger partial charge in [0.05, 0.1) is 17.4 Å². The predicted octanol–water partition coefficient (Wildman–Crippen LogP) is 3.36. The summed E-state index contributed by atoms with van der Waals surface area (Å²) in [6, 6.07) is 13.0. The Kier molecular flexibility index (Phi) is 5.78. The maximum Gasteiger partial charge on any atom is 0.261 e. The second kappa shape index (κ2) is 8.25. The summed E-state index contributed by atoms with van der Waals surface area (Å²) in [7, 11) is 0. The molecule has 0 aliphatic rings. The van der Waals surface area contributed by atoms with E-state index in [9.17, 15) is 9.59 Å². The summed E-state index contributed by atoms with van der Waals surface area (Å²) in [5.41, 5.74) is 2.39. The average Bonchev–Trinajstić information content (AvgIpc) is 2.65. The number of aryl methyl sites for hydroxylation is 2. The fourth-order valence-electron chi connectivity index (χ4n) is 3.17. The molecule has 28 heavy (non-hydrogen) atoms. The molecule has 1 aromatic heterocycles. The van der Waals surface area contributed by atoms with Gasteiger partial charge in [-0.3, -0.25) is 9.59 Å². The first-order valence-corrected chi connectivity index (χ1v) is 9.33. The third kappa shape index (κ3) is 4.22. The number of aromatic nitrogens is 2. The monoisotopic (exact) mass is 379 g/mol. The largest absolute Gasteiger partial charge is 0.483 e. The van der Waals surface area contributed by atoms with Gasteiger partial charge in [-0.25, -0.2) is 4.98 Å². The number of H-pyrrole nitrogens is 1. The molecular formula is C22H25N3O3. The number of ether oxygens (including phenoxy) is 1. The minimum atomic E-state index is -0.205. The van der Waals surface area contributed by atoms with Crippen molar-refractivity contribution < 1.29 is 9.53 Å². The van der Waals surface area contributed by atoms with Crippen LogP contribution in [-0.4, -0.2) is 33.4 Å². The molecule has 1 heterocycles. The Hall–Kier alpha value is -3.15. The number of benzene rings is 2. The maximum atomic E-state index is 12.8. The Morgan fingerprint density at radius 3 is 2.46 bits per heavy atom. The number of amides is 1. The smallest absolute Gasteiger partial charge is 0.261 e. The van der Waals surface area contributed by atoms with Gasteiger partial charge >= 0.3 is 0 Å². The zero-order valence-corrected chi connectivity index (χ0v) is 16.7. The highest BCUT2D eigenvalue weighted by molar-refractivity contribution is 5.79. The van der Waals surface area contributed by atoms with Gasteiger partial charge < -0.3 is 14.6 Å². The number of para-hydroxylation sites is 2. The summed E-state index contributed by atoms with van der Waals surface area (Å²) in [6.45, 7) is 7.91. The number of carbonyl (C=O) groups excluding carboxylic acids is 1. The molecule has 0 atom stereocenters. The number of nitrogens with zero attached hydrogens (tertiary/aromatic N) is 2. The molecule has 1 amide bonds. The molecule has 0 radical (unpaired) electrons. The molecule has 0 aliphatic carbocycles. The Morgan fingerprint density at radius 2 is 1.79 bits per heavy atom. The van der Waals surface area contributed by atoms with Crippen LogP contribution in [0, 0.1) is 13.8 Å². The molecular weight excluding hydrogens is 354 g/mol. The van der Waals surface area contributed by atoms with Gasteiger partial charge in [0.1, 0.15) is 11.6 Å². The number of rotatable bonds is 6. The fourth-order valence-corrected chi connectivity index (χ4v) is 3.17. The lowest BCUT2D eigenvalue weighted by molar-refractivity contribution is -0.135. The van der Waals surface area contributed by atoms with Crippen LogP contribution in [0.15, 0.2) is 47.3 Å². The molecule has 0 fully saturated rings. The van der Waals surface area contributed by atoms with Gasteiger partial charge in [0.15, 0.2) is 6.61 Å². The third-order valence-corrected chi connectivity index (χ3v) is 4.67. The summed E-state index contributed by atoms with van der Waals surface area (Å²) in [4.78, 5) is 34.0. The number of aromatic amines is 1. The van der Waals surface area contributed by atoms with Gasteiger partial charge in [-0.05, 0) is 51.0 Å². The SMILES string of the molecule is Cc1cccc(C)c1OCC(=O)N(Cc1nc2ccccc2c(=O)[nH]1)C(C)C. The van der Waals surface area contributed by atoms with E-state index in [1.807, 2.05) is 52.0 Å². The van der Waals surface area contributed by atoms with E-state index in [-0.39, 0.29) is 30.7 Å². The van der Waals surface area contributed by atoms with E-state index in [0.29, 0.717) is 16.7 Å². The molecule has 0 saturated heterocycles. The number of hydrogen-bond acceptors (Lipinski definition) is 4. The molecule has 0 bridgehead atoms. The van der Waals surface area contributed by atoms with E-state index in [2.05, 4.69) is 9.97 Å². The topological polar surface area (TPSA) is 75.3 Å². The lowest BCUT2D eigenvalue weighted by atomic mass is 10.1. The highest BCUT2D eigenvalue weighted by atomic mass is 16.5. The summed E-state index contributed by atoms with van der Waals surface area (Å²) < 4.78 is 5.81. The van der Waals surface area contributed by atoms with E-state index in [1.165, 1.54) is 0 Å². The van der Waals surface area contributed by atoms with Crippen molar-refractivity contribution in [3.05, 3.63) is 69.8 Å².